The molecule has 0 amide bonds. The van der Waals surface area contributed by atoms with Crippen LogP contribution in [0.5, 0.6) is 11.5 Å². The van der Waals surface area contributed by atoms with Gasteiger partial charge in [-0.15, -0.1) is 0 Å². The van der Waals surface area contributed by atoms with Gasteiger partial charge in [0.2, 0.25) is 0 Å². The summed E-state index contributed by atoms with van der Waals surface area (Å²) in [6.45, 7) is 0.143. The summed E-state index contributed by atoms with van der Waals surface area (Å²) >= 11 is 3.54. The van der Waals surface area contributed by atoms with Gasteiger partial charge in [0.25, 0.3) is 0 Å². The molecule has 0 spiro atoms. The summed E-state index contributed by atoms with van der Waals surface area (Å²) in [4.78, 5) is 14.7. The first-order chi connectivity index (χ1) is 15.8. The van der Waals surface area contributed by atoms with Gasteiger partial charge >= 0.3 is 0 Å². The predicted octanol–water partition coefficient (Wildman–Crippen LogP) is 4.91. The van der Waals surface area contributed by atoms with Gasteiger partial charge in [-0.25, -0.2) is 4.39 Å². The molecule has 0 bridgehead atoms. The van der Waals surface area contributed by atoms with E-state index in [4.69, 9.17) is 15.2 Å². The molecular weight excluding hydrogens is 489 g/mol. The Hall–Kier alpha value is -3.31. The SMILES string of the molecule is COc1cc([C@H]2C(C#N)=C(N)N(C)C3=C2C(=O)CCC3)cc(Br)c1OCc1cccc(F)c1. The van der Waals surface area contributed by atoms with Crippen molar-refractivity contribution in [2.75, 3.05) is 14.2 Å². The lowest BCUT2D eigenvalue weighted by atomic mass is 9.76. The van der Waals surface area contributed by atoms with E-state index in [1.54, 1.807) is 30.1 Å². The monoisotopic (exact) mass is 511 g/mol. The standard InChI is InChI=1S/C25H23BrFN3O3/c1-30-19-7-4-8-20(31)23(19)22(17(12-28)25(30)29)15-10-18(26)24(21(11-15)32-2)33-13-14-5-3-6-16(27)9-14/h3,5-6,9-11,22H,4,7-8,13,29H2,1-2H3/t22-/m0/s1. The lowest BCUT2D eigenvalue weighted by Gasteiger charge is -2.37. The third-order valence-electron chi connectivity index (χ3n) is 6.03. The molecule has 1 aliphatic carbocycles. The van der Waals surface area contributed by atoms with E-state index in [1.807, 2.05) is 6.07 Å². The highest BCUT2D eigenvalue weighted by Crippen LogP contribution is 2.47. The molecule has 0 saturated carbocycles. The van der Waals surface area contributed by atoms with Crippen LogP contribution >= 0.6 is 15.9 Å². The van der Waals surface area contributed by atoms with Gasteiger partial charge in [0.05, 0.1) is 29.1 Å². The van der Waals surface area contributed by atoms with Crippen LogP contribution in [0.2, 0.25) is 0 Å². The Morgan fingerprint density at radius 2 is 2.09 bits per heavy atom. The summed E-state index contributed by atoms with van der Waals surface area (Å²) in [5.41, 5.74) is 9.48. The van der Waals surface area contributed by atoms with Gasteiger partial charge in [0.15, 0.2) is 17.3 Å². The first kappa shape index (κ1) is 22.9. The number of carbonyl (C=O) groups is 1. The summed E-state index contributed by atoms with van der Waals surface area (Å²) in [5, 5.41) is 9.92. The molecule has 1 heterocycles. The van der Waals surface area contributed by atoms with Crippen LogP contribution in [0, 0.1) is 17.1 Å². The van der Waals surface area contributed by atoms with Crippen LogP contribution in [0.4, 0.5) is 4.39 Å². The second kappa shape index (κ2) is 9.28. The van der Waals surface area contributed by atoms with Gasteiger partial charge in [-0.05, 0) is 64.2 Å². The average molecular weight is 512 g/mol. The summed E-state index contributed by atoms with van der Waals surface area (Å²) in [6, 6.07) is 12.0. The normalized spacial score (nSPS) is 18.2. The minimum Gasteiger partial charge on any atom is -0.493 e. The Balaban J connectivity index is 1.76. The van der Waals surface area contributed by atoms with Gasteiger partial charge in [-0.2, -0.15) is 5.26 Å². The Morgan fingerprint density at radius 1 is 1.30 bits per heavy atom. The van der Waals surface area contributed by atoms with Crippen LogP contribution in [0.1, 0.15) is 36.3 Å². The van der Waals surface area contributed by atoms with Gasteiger partial charge < -0.3 is 20.1 Å². The number of rotatable bonds is 5. The molecule has 33 heavy (non-hydrogen) atoms. The third kappa shape index (κ3) is 4.21. The van der Waals surface area contributed by atoms with Gasteiger partial charge in [0.1, 0.15) is 18.2 Å². The maximum atomic E-state index is 13.5. The maximum Gasteiger partial charge on any atom is 0.175 e. The molecule has 2 aromatic rings. The number of nitriles is 1. The van der Waals surface area contributed by atoms with Crippen LogP contribution in [0.15, 0.2) is 63.5 Å². The van der Waals surface area contributed by atoms with E-state index in [0.717, 1.165) is 18.5 Å². The number of allylic oxidation sites excluding steroid dienone is 3. The fourth-order valence-electron chi connectivity index (χ4n) is 4.42. The molecule has 6 nitrogen and oxygen atoms in total. The summed E-state index contributed by atoms with van der Waals surface area (Å²) in [6.07, 6.45) is 1.92. The highest BCUT2D eigenvalue weighted by molar-refractivity contribution is 9.10. The lowest BCUT2D eigenvalue weighted by Crippen LogP contribution is -2.36. The minimum absolute atomic E-state index is 0.0230. The van der Waals surface area contributed by atoms with Crippen molar-refractivity contribution in [3.63, 3.8) is 0 Å². The number of nitrogens with zero attached hydrogens (tertiary/aromatic N) is 2. The number of nitrogens with two attached hydrogens (primary N) is 1. The van der Waals surface area contributed by atoms with Gasteiger partial charge in [-0.3, -0.25) is 4.79 Å². The van der Waals surface area contributed by atoms with E-state index < -0.39 is 5.92 Å². The molecular formula is C25H23BrFN3O3. The highest BCUT2D eigenvalue weighted by Gasteiger charge is 2.39. The molecule has 0 saturated heterocycles. The molecule has 2 aromatic carbocycles. The number of hydrogen-bond acceptors (Lipinski definition) is 6. The molecule has 2 aliphatic rings. The van der Waals surface area contributed by atoms with Crippen molar-refractivity contribution in [3.8, 4) is 17.6 Å². The maximum absolute atomic E-state index is 13.5. The van der Waals surface area contributed by atoms with Crippen LogP contribution in [-0.4, -0.2) is 24.8 Å². The fourth-order valence-corrected chi connectivity index (χ4v) is 5.00. The second-order valence-corrected chi connectivity index (χ2v) is 8.85. The highest BCUT2D eigenvalue weighted by atomic mass is 79.9. The van der Waals surface area contributed by atoms with Gasteiger partial charge in [-0.1, -0.05) is 12.1 Å². The third-order valence-corrected chi connectivity index (χ3v) is 6.62. The van der Waals surface area contributed by atoms with Crippen molar-refractivity contribution in [2.24, 2.45) is 5.73 Å². The molecule has 1 atom stereocenters. The number of benzene rings is 2. The first-order valence-electron chi connectivity index (χ1n) is 10.5. The topological polar surface area (TPSA) is 88.6 Å². The Kier molecular flexibility index (Phi) is 6.43. The van der Waals surface area contributed by atoms with Crippen molar-refractivity contribution in [3.05, 3.63) is 80.5 Å². The summed E-state index contributed by atoms with van der Waals surface area (Å²) in [7, 11) is 3.30. The fraction of sp³-hybridized carbons (Fsp3) is 0.280. The van der Waals surface area contributed by atoms with Crippen molar-refractivity contribution in [1.29, 1.82) is 5.26 Å². The van der Waals surface area contributed by atoms with Crippen molar-refractivity contribution >= 4 is 21.7 Å². The minimum atomic E-state index is -0.587. The smallest absolute Gasteiger partial charge is 0.175 e. The molecule has 0 fully saturated rings. The number of hydrogen-bond donors (Lipinski definition) is 1. The van der Waals surface area contributed by atoms with E-state index >= 15 is 0 Å². The molecule has 0 radical (unpaired) electrons. The molecule has 1 aliphatic heterocycles. The first-order valence-corrected chi connectivity index (χ1v) is 11.3. The van der Waals surface area contributed by atoms with E-state index in [-0.39, 0.29) is 18.2 Å². The lowest BCUT2D eigenvalue weighted by molar-refractivity contribution is -0.116. The van der Waals surface area contributed by atoms with E-state index in [2.05, 4.69) is 22.0 Å². The van der Waals surface area contributed by atoms with Crippen LogP contribution < -0.4 is 15.2 Å². The second-order valence-electron chi connectivity index (χ2n) is 7.99. The number of methoxy groups -OCH3 is 1. The zero-order valence-electron chi connectivity index (χ0n) is 18.3. The molecule has 170 valence electrons. The number of halogens is 2. The van der Waals surface area contributed by atoms with Crippen molar-refractivity contribution in [1.82, 2.24) is 4.90 Å². The van der Waals surface area contributed by atoms with Gasteiger partial charge in [0, 0.05) is 24.7 Å². The van der Waals surface area contributed by atoms with Crippen LogP contribution in [0.25, 0.3) is 0 Å². The molecule has 4 rings (SSSR count). The largest absolute Gasteiger partial charge is 0.493 e. The summed E-state index contributed by atoms with van der Waals surface area (Å²) < 4.78 is 25.6. The number of ketones is 1. The zero-order chi connectivity index (χ0) is 23.7. The number of ether oxygens (including phenoxy) is 2. The van der Waals surface area contributed by atoms with E-state index in [0.29, 0.717) is 50.5 Å². The van der Waals surface area contributed by atoms with Crippen LogP contribution in [0.3, 0.4) is 0 Å². The zero-order valence-corrected chi connectivity index (χ0v) is 19.9. The molecule has 8 heteroatoms. The Morgan fingerprint density at radius 3 is 2.79 bits per heavy atom. The van der Waals surface area contributed by atoms with Crippen LogP contribution in [-0.2, 0) is 11.4 Å². The molecule has 0 aromatic heterocycles. The Bertz CT molecular complexity index is 1230. The van der Waals surface area contributed by atoms with E-state index in [1.165, 1.54) is 19.2 Å². The van der Waals surface area contributed by atoms with Crippen molar-refractivity contribution in [2.45, 2.75) is 31.8 Å². The molecule has 0 unspecified atom stereocenters. The average Bonchev–Trinajstić information content (AvgIpc) is 2.80. The predicted molar refractivity (Wildman–Crippen MR) is 125 cm³/mol. The number of Topliss-reactive ketones (excluding diaryl/α,β-unsaturated/α-hetero) is 1. The Labute approximate surface area is 200 Å². The van der Waals surface area contributed by atoms with Crippen molar-refractivity contribution < 1.29 is 18.7 Å². The quantitative estimate of drug-likeness (QED) is 0.613. The summed E-state index contributed by atoms with van der Waals surface area (Å²) in [5.74, 6) is 0.312. The van der Waals surface area contributed by atoms with E-state index in [9.17, 15) is 14.4 Å². The number of carbonyl (C=O) groups excluding carboxylic acids is 1. The molecule has 2 N–H and O–H groups in total.